The third kappa shape index (κ3) is 13.9. The number of aliphatic hydroxyl groups is 2. The van der Waals surface area contributed by atoms with E-state index in [0.717, 1.165) is 12.8 Å². The second-order valence-corrected chi connectivity index (χ2v) is 5.10. The second-order valence-electron chi connectivity index (χ2n) is 5.10. The van der Waals surface area contributed by atoms with Gasteiger partial charge >= 0.3 is 0 Å². The van der Waals surface area contributed by atoms with Crippen LogP contribution in [-0.2, 0) is 0 Å². The Labute approximate surface area is 101 Å². The second kappa shape index (κ2) is 11.4. The molecule has 0 aromatic carbocycles. The summed E-state index contributed by atoms with van der Waals surface area (Å²) in [5, 5.41) is 18.2. The zero-order valence-corrected chi connectivity index (χ0v) is 11.1. The molecule has 0 saturated carbocycles. The van der Waals surface area contributed by atoms with Crippen LogP contribution in [0.3, 0.4) is 0 Å². The van der Waals surface area contributed by atoms with Gasteiger partial charge in [0.05, 0.1) is 12.2 Å². The fraction of sp³-hybridized carbons (Fsp3) is 1.00. The third-order valence-corrected chi connectivity index (χ3v) is 2.99. The van der Waals surface area contributed by atoms with Gasteiger partial charge in [-0.2, -0.15) is 0 Å². The van der Waals surface area contributed by atoms with Crippen LogP contribution in [0.15, 0.2) is 0 Å². The van der Waals surface area contributed by atoms with Crippen molar-refractivity contribution in [2.75, 3.05) is 0 Å². The molecular weight excluding hydrogens is 200 g/mol. The topological polar surface area (TPSA) is 40.5 Å². The molecule has 2 N–H and O–H groups in total. The summed E-state index contributed by atoms with van der Waals surface area (Å²) in [7, 11) is 0. The molecule has 0 radical (unpaired) electrons. The van der Waals surface area contributed by atoms with E-state index >= 15 is 0 Å². The van der Waals surface area contributed by atoms with Gasteiger partial charge in [0.25, 0.3) is 0 Å². The van der Waals surface area contributed by atoms with Crippen molar-refractivity contribution >= 4 is 0 Å². The van der Waals surface area contributed by atoms with E-state index in [1.54, 1.807) is 0 Å². The monoisotopic (exact) mass is 230 g/mol. The highest BCUT2D eigenvalue weighted by Crippen LogP contribution is 2.11. The third-order valence-electron chi connectivity index (χ3n) is 2.99. The van der Waals surface area contributed by atoms with Crippen molar-refractivity contribution in [3.63, 3.8) is 0 Å². The smallest absolute Gasteiger partial charge is 0.0512 e. The maximum absolute atomic E-state index is 9.08. The van der Waals surface area contributed by atoms with Crippen molar-refractivity contribution in [3.8, 4) is 0 Å². The molecule has 0 rings (SSSR count). The van der Waals surface area contributed by atoms with E-state index in [9.17, 15) is 0 Å². The van der Waals surface area contributed by atoms with Crippen molar-refractivity contribution in [1.82, 2.24) is 0 Å². The van der Waals surface area contributed by atoms with E-state index < -0.39 is 0 Å². The molecule has 0 unspecified atom stereocenters. The minimum atomic E-state index is -0.125. The van der Waals surface area contributed by atoms with Gasteiger partial charge < -0.3 is 10.2 Å². The van der Waals surface area contributed by atoms with Gasteiger partial charge in [-0.25, -0.2) is 0 Å². The molecule has 0 heterocycles. The molecule has 98 valence electrons. The van der Waals surface area contributed by atoms with E-state index in [4.69, 9.17) is 10.2 Å². The van der Waals surface area contributed by atoms with Crippen LogP contribution < -0.4 is 0 Å². The van der Waals surface area contributed by atoms with Gasteiger partial charge in [-0.3, -0.25) is 0 Å². The summed E-state index contributed by atoms with van der Waals surface area (Å²) >= 11 is 0. The fourth-order valence-electron chi connectivity index (χ4n) is 1.94. The first kappa shape index (κ1) is 15.9. The average molecular weight is 230 g/mol. The zero-order valence-electron chi connectivity index (χ0n) is 11.1. The quantitative estimate of drug-likeness (QED) is 0.532. The first-order chi connectivity index (χ1) is 7.63. The van der Waals surface area contributed by atoms with Crippen LogP contribution in [0.1, 0.15) is 78.1 Å². The van der Waals surface area contributed by atoms with Crippen LogP contribution in [0.2, 0.25) is 0 Å². The summed E-state index contributed by atoms with van der Waals surface area (Å²) in [6.45, 7) is 3.73. The predicted molar refractivity (Wildman–Crippen MR) is 69.5 cm³/mol. The molecular formula is C14H30O2. The number of rotatable bonds is 11. The van der Waals surface area contributed by atoms with Gasteiger partial charge in [0.15, 0.2) is 0 Å². The standard InChI is InChI=1S/C14H30O2/c1-13(15)11-9-7-5-3-4-6-8-10-12-14(2)16/h13-16H,3-12H2,1-2H3/t13-,14+. The van der Waals surface area contributed by atoms with E-state index in [2.05, 4.69) is 0 Å². The lowest BCUT2D eigenvalue weighted by atomic mass is 10.0. The Balaban J connectivity index is 2.93. The largest absolute Gasteiger partial charge is 0.393 e. The van der Waals surface area contributed by atoms with Crippen molar-refractivity contribution in [2.45, 2.75) is 90.3 Å². The highest BCUT2D eigenvalue weighted by molar-refractivity contribution is 4.51. The Kier molecular flexibility index (Phi) is 11.3. The van der Waals surface area contributed by atoms with Crippen molar-refractivity contribution in [3.05, 3.63) is 0 Å². The maximum atomic E-state index is 9.08. The van der Waals surface area contributed by atoms with Gasteiger partial charge in [0, 0.05) is 0 Å². The van der Waals surface area contributed by atoms with Crippen molar-refractivity contribution in [1.29, 1.82) is 0 Å². The van der Waals surface area contributed by atoms with Gasteiger partial charge in [0.2, 0.25) is 0 Å². The Morgan fingerprint density at radius 1 is 0.562 bits per heavy atom. The molecule has 0 aliphatic carbocycles. The molecule has 2 heteroatoms. The molecule has 0 amide bonds. The lowest BCUT2D eigenvalue weighted by molar-refractivity contribution is 0.179. The Morgan fingerprint density at radius 3 is 1.06 bits per heavy atom. The van der Waals surface area contributed by atoms with Crippen LogP contribution in [0.4, 0.5) is 0 Å². The molecule has 0 saturated heterocycles. The highest BCUT2D eigenvalue weighted by Gasteiger charge is 1.97. The molecule has 0 aliphatic rings. The summed E-state index contributed by atoms with van der Waals surface area (Å²) in [6, 6.07) is 0. The van der Waals surface area contributed by atoms with Gasteiger partial charge in [0.1, 0.15) is 0 Å². The lowest BCUT2D eigenvalue weighted by Gasteiger charge is -2.05. The van der Waals surface area contributed by atoms with Crippen molar-refractivity contribution < 1.29 is 10.2 Å². The minimum absolute atomic E-state index is 0.125. The van der Waals surface area contributed by atoms with Crippen LogP contribution >= 0.6 is 0 Å². The first-order valence-electron chi connectivity index (χ1n) is 6.99. The summed E-state index contributed by atoms with van der Waals surface area (Å²) in [4.78, 5) is 0. The minimum Gasteiger partial charge on any atom is -0.393 e. The van der Waals surface area contributed by atoms with E-state index in [1.165, 1.54) is 51.4 Å². The Morgan fingerprint density at radius 2 is 0.812 bits per heavy atom. The highest BCUT2D eigenvalue weighted by atomic mass is 16.3. The summed E-state index contributed by atoms with van der Waals surface area (Å²) < 4.78 is 0. The molecule has 2 atom stereocenters. The maximum Gasteiger partial charge on any atom is 0.0512 e. The molecule has 0 bridgehead atoms. The molecule has 16 heavy (non-hydrogen) atoms. The molecule has 0 fully saturated rings. The van der Waals surface area contributed by atoms with Gasteiger partial charge in [-0.05, 0) is 26.7 Å². The normalized spacial score (nSPS) is 15.0. The van der Waals surface area contributed by atoms with Gasteiger partial charge in [-0.1, -0.05) is 51.4 Å². The molecule has 0 aromatic heterocycles. The van der Waals surface area contributed by atoms with E-state index in [1.807, 2.05) is 13.8 Å². The Bertz CT molecular complexity index is 117. The number of hydrogen-bond acceptors (Lipinski definition) is 2. The SMILES string of the molecule is C[C@H](O)CCCCCCCCCC[C@@H](C)O. The molecule has 2 nitrogen and oxygen atoms in total. The predicted octanol–water partition coefficient (Wildman–Crippen LogP) is 3.65. The first-order valence-corrected chi connectivity index (χ1v) is 6.99. The summed E-state index contributed by atoms with van der Waals surface area (Å²) in [5.74, 6) is 0. The average Bonchev–Trinajstić information content (AvgIpc) is 2.20. The number of unbranched alkanes of at least 4 members (excludes halogenated alkanes) is 7. The van der Waals surface area contributed by atoms with Crippen LogP contribution in [0.25, 0.3) is 0 Å². The number of hydrogen-bond donors (Lipinski definition) is 2. The van der Waals surface area contributed by atoms with Crippen LogP contribution in [0.5, 0.6) is 0 Å². The zero-order chi connectivity index (χ0) is 12.2. The molecule has 0 spiro atoms. The van der Waals surface area contributed by atoms with Crippen LogP contribution in [-0.4, -0.2) is 22.4 Å². The van der Waals surface area contributed by atoms with Crippen LogP contribution in [0, 0.1) is 0 Å². The Hall–Kier alpha value is -0.0800. The summed E-state index contributed by atoms with van der Waals surface area (Å²) in [5.41, 5.74) is 0. The number of aliphatic hydroxyl groups excluding tert-OH is 2. The molecule has 0 aromatic rings. The van der Waals surface area contributed by atoms with Crippen molar-refractivity contribution in [2.24, 2.45) is 0 Å². The van der Waals surface area contributed by atoms with Gasteiger partial charge in [-0.15, -0.1) is 0 Å². The fourth-order valence-corrected chi connectivity index (χ4v) is 1.94. The lowest BCUT2D eigenvalue weighted by Crippen LogP contribution is -1.98. The molecule has 0 aliphatic heterocycles. The summed E-state index contributed by atoms with van der Waals surface area (Å²) in [6.07, 6.45) is 11.8. The van der Waals surface area contributed by atoms with E-state index in [0.29, 0.717) is 0 Å². The van der Waals surface area contributed by atoms with E-state index in [-0.39, 0.29) is 12.2 Å².